The molecule has 5 nitrogen and oxygen atoms in total. The van der Waals surface area contributed by atoms with Crippen molar-refractivity contribution in [2.45, 2.75) is 52.6 Å². The predicted octanol–water partition coefficient (Wildman–Crippen LogP) is 6.42. The second-order valence-corrected chi connectivity index (χ2v) is 11.5. The molecule has 0 saturated carbocycles. The summed E-state index contributed by atoms with van der Waals surface area (Å²) < 4.78 is 5.45. The first-order chi connectivity index (χ1) is 15.9. The second-order valence-electron chi connectivity index (χ2n) is 9.48. The number of rotatable bonds is 5. The maximum atomic E-state index is 13.1. The van der Waals surface area contributed by atoms with Crippen LogP contribution in [0.25, 0.3) is 0 Å². The van der Waals surface area contributed by atoms with Crippen LogP contribution in [0.4, 0.5) is 5.00 Å². The summed E-state index contributed by atoms with van der Waals surface area (Å²) in [5, 5.41) is 9.46. The van der Waals surface area contributed by atoms with Gasteiger partial charge in [0.25, 0.3) is 5.91 Å². The van der Waals surface area contributed by atoms with E-state index in [1.165, 1.54) is 21.8 Å². The Kier molecular flexibility index (Phi) is 5.79. The highest BCUT2D eigenvalue weighted by Gasteiger charge is 2.37. The first-order valence-corrected chi connectivity index (χ1v) is 13.1. The molecule has 1 aliphatic heterocycles. The summed E-state index contributed by atoms with van der Waals surface area (Å²) in [7, 11) is 0. The van der Waals surface area contributed by atoms with Crippen molar-refractivity contribution in [3.63, 3.8) is 0 Å². The van der Waals surface area contributed by atoms with E-state index in [1.807, 2.05) is 23.6 Å². The lowest BCUT2D eigenvalue weighted by Gasteiger charge is -2.36. The van der Waals surface area contributed by atoms with Crippen molar-refractivity contribution in [3.8, 4) is 5.75 Å². The molecule has 0 spiro atoms. The number of hydrogen-bond acceptors (Lipinski definition) is 6. The van der Waals surface area contributed by atoms with E-state index in [0.29, 0.717) is 22.0 Å². The molecule has 1 amide bonds. The molecule has 5 rings (SSSR count). The third kappa shape index (κ3) is 4.20. The first-order valence-electron chi connectivity index (χ1n) is 11.4. The van der Waals surface area contributed by atoms with Crippen LogP contribution in [0.2, 0.25) is 0 Å². The van der Waals surface area contributed by atoms with Gasteiger partial charge in [-0.05, 0) is 65.3 Å². The molecule has 2 unspecified atom stereocenters. The highest BCUT2D eigenvalue weighted by Crippen LogP contribution is 2.47. The molecule has 3 heterocycles. The normalized spacial score (nSPS) is 19.8. The predicted molar refractivity (Wildman–Crippen MR) is 133 cm³/mol. The fraction of sp³-hybridized carbons (Fsp3) is 0.385. The summed E-state index contributed by atoms with van der Waals surface area (Å²) in [4.78, 5) is 27.2. The summed E-state index contributed by atoms with van der Waals surface area (Å²) in [5.74, 6) is 0.766. The standard InChI is InChI=1S/C26H28N2O3S2/c1-4-26(2,3)16-9-12-18-20(14-16)33-24-21(18)23(29)27-22(28-24)15-7-10-17(11-8-15)31-25(30)19-6-5-13-32-19/h5-8,10-11,13,16,22,28H,4,9,12,14H2,1-3H3,(H,27,29). The number of hydrogen-bond donors (Lipinski definition) is 2. The average Bonchev–Trinajstić information content (AvgIpc) is 3.47. The van der Waals surface area contributed by atoms with Crippen molar-refractivity contribution in [2.24, 2.45) is 11.3 Å². The molecule has 1 aliphatic carbocycles. The molecule has 7 heteroatoms. The summed E-state index contributed by atoms with van der Waals surface area (Å²) in [6.07, 6.45) is 4.02. The van der Waals surface area contributed by atoms with Crippen LogP contribution in [0, 0.1) is 11.3 Å². The van der Waals surface area contributed by atoms with Gasteiger partial charge in [-0.3, -0.25) is 4.79 Å². The maximum Gasteiger partial charge on any atom is 0.353 e. The van der Waals surface area contributed by atoms with Crippen LogP contribution in [-0.2, 0) is 12.8 Å². The van der Waals surface area contributed by atoms with E-state index in [-0.39, 0.29) is 18.0 Å². The van der Waals surface area contributed by atoms with Gasteiger partial charge in [-0.2, -0.15) is 0 Å². The van der Waals surface area contributed by atoms with Gasteiger partial charge >= 0.3 is 5.97 Å². The fourth-order valence-electron chi connectivity index (χ4n) is 4.70. The summed E-state index contributed by atoms with van der Waals surface area (Å²) in [6.45, 7) is 6.99. The minimum absolute atomic E-state index is 0.00680. The van der Waals surface area contributed by atoms with Crippen molar-refractivity contribution in [1.82, 2.24) is 5.32 Å². The molecule has 3 aromatic rings. The average molecular weight is 481 g/mol. The SMILES string of the molecule is CCC(C)(C)C1CCc2c(sc3c2C(=O)NC(c2ccc(OC(=O)c4cccs4)cc2)N3)C1. The molecule has 2 atom stereocenters. The number of anilines is 1. The Morgan fingerprint density at radius 2 is 1.97 bits per heavy atom. The van der Waals surface area contributed by atoms with Crippen LogP contribution in [0.15, 0.2) is 41.8 Å². The molecule has 2 aromatic heterocycles. The van der Waals surface area contributed by atoms with Crippen molar-refractivity contribution < 1.29 is 14.3 Å². The van der Waals surface area contributed by atoms with E-state index < -0.39 is 0 Å². The number of amides is 1. The monoisotopic (exact) mass is 480 g/mol. The fourth-order valence-corrected chi connectivity index (χ4v) is 6.65. The zero-order valence-electron chi connectivity index (χ0n) is 19.1. The molecular formula is C26H28N2O3S2. The van der Waals surface area contributed by atoms with Crippen LogP contribution < -0.4 is 15.4 Å². The summed E-state index contributed by atoms with van der Waals surface area (Å²) in [5.41, 5.74) is 3.30. The number of esters is 1. The molecule has 0 radical (unpaired) electrons. The van der Waals surface area contributed by atoms with Crippen LogP contribution in [0.5, 0.6) is 5.75 Å². The van der Waals surface area contributed by atoms with E-state index in [0.717, 1.165) is 41.8 Å². The Morgan fingerprint density at radius 1 is 1.18 bits per heavy atom. The van der Waals surface area contributed by atoms with Gasteiger partial charge in [0.15, 0.2) is 0 Å². The van der Waals surface area contributed by atoms with Crippen LogP contribution in [-0.4, -0.2) is 11.9 Å². The maximum absolute atomic E-state index is 13.1. The van der Waals surface area contributed by atoms with E-state index in [2.05, 4.69) is 31.4 Å². The van der Waals surface area contributed by atoms with Gasteiger partial charge in [0.05, 0.1) is 5.56 Å². The number of ether oxygens (including phenoxy) is 1. The lowest BCUT2D eigenvalue weighted by Crippen LogP contribution is -2.38. The second kappa shape index (κ2) is 8.61. The number of carbonyl (C=O) groups excluding carboxylic acids is 2. The van der Waals surface area contributed by atoms with Crippen LogP contribution in [0.1, 0.15) is 75.8 Å². The van der Waals surface area contributed by atoms with Gasteiger partial charge in [0.2, 0.25) is 0 Å². The molecule has 33 heavy (non-hydrogen) atoms. The topological polar surface area (TPSA) is 67.4 Å². The minimum atomic E-state index is -0.361. The number of carbonyl (C=O) groups is 2. The van der Waals surface area contributed by atoms with Crippen molar-refractivity contribution in [3.05, 3.63) is 68.2 Å². The van der Waals surface area contributed by atoms with Gasteiger partial charge in [-0.1, -0.05) is 45.4 Å². The van der Waals surface area contributed by atoms with E-state index in [9.17, 15) is 9.59 Å². The number of benzene rings is 1. The summed E-state index contributed by atoms with van der Waals surface area (Å²) >= 11 is 3.09. The van der Waals surface area contributed by atoms with E-state index in [4.69, 9.17) is 4.74 Å². The van der Waals surface area contributed by atoms with Crippen LogP contribution >= 0.6 is 22.7 Å². The number of thiophene rings is 2. The first kappa shape index (κ1) is 22.2. The van der Waals surface area contributed by atoms with Crippen molar-refractivity contribution in [1.29, 1.82) is 0 Å². The van der Waals surface area contributed by atoms with Crippen molar-refractivity contribution >= 4 is 39.6 Å². The Morgan fingerprint density at radius 3 is 2.67 bits per heavy atom. The van der Waals surface area contributed by atoms with E-state index in [1.54, 1.807) is 29.5 Å². The zero-order chi connectivity index (χ0) is 23.2. The Bertz CT molecular complexity index is 1180. The smallest absolute Gasteiger partial charge is 0.353 e. The minimum Gasteiger partial charge on any atom is -0.422 e. The molecule has 1 aromatic carbocycles. The lowest BCUT2D eigenvalue weighted by atomic mass is 9.69. The van der Waals surface area contributed by atoms with Gasteiger partial charge in [-0.25, -0.2) is 4.79 Å². The molecule has 2 aliphatic rings. The van der Waals surface area contributed by atoms with Crippen LogP contribution in [0.3, 0.4) is 0 Å². The molecule has 0 bridgehead atoms. The quantitative estimate of drug-likeness (QED) is 0.326. The molecule has 2 N–H and O–H groups in total. The summed E-state index contributed by atoms with van der Waals surface area (Å²) in [6, 6.07) is 10.9. The van der Waals surface area contributed by atoms with Gasteiger partial charge < -0.3 is 15.4 Å². The highest BCUT2D eigenvalue weighted by atomic mass is 32.1. The molecule has 172 valence electrons. The third-order valence-electron chi connectivity index (χ3n) is 7.21. The van der Waals surface area contributed by atoms with E-state index >= 15 is 0 Å². The molecular weight excluding hydrogens is 452 g/mol. The highest BCUT2D eigenvalue weighted by molar-refractivity contribution is 7.16. The molecule has 0 saturated heterocycles. The van der Waals surface area contributed by atoms with Gasteiger partial charge in [0, 0.05) is 4.88 Å². The third-order valence-corrected chi connectivity index (χ3v) is 9.24. The zero-order valence-corrected chi connectivity index (χ0v) is 20.7. The molecule has 0 fully saturated rings. The lowest BCUT2D eigenvalue weighted by molar-refractivity contribution is 0.0739. The number of fused-ring (bicyclic) bond motifs is 3. The Balaban J connectivity index is 1.32. The van der Waals surface area contributed by atoms with Gasteiger partial charge in [-0.15, -0.1) is 22.7 Å². The largest absolute Gasteiger partial charge is 0.422 e. The van der Waals surface area contributed by atoms with Gasteiger partial charge in [0.1, 0.15) is 21.8 Å². The Labute approximate surface area is 202 Å². The van der Waals surface area contributed by atoms with Crippen molar-refractivity contribution in [2.75, 3.05) is 5.32 Å². The Hall–Kier alpha value is -2.64. The number of nitrogens with one attached hydrogen (secondary N) is 2.